The van der Waals surface area contributed by atoms with E-state index in [0.29, 0.717) is 13.0 Å². The SMILES string of the molecule is C=CCOCC(O)COC(=O)CCCCCCCCCCCCCCC. The Hall–Kier alpha value is -0.870. The fourth-order valence-electron chi connectivity index (χ4n) is 2.88. The lowest BCUT2D eigenvalue weighted by Crippen LogP contribution is -2.23. The zero-order valence-electron chi connectivity index (χ0n) is 17.1. The molecule has 0 spiro atoms. The number of carbonyl (C=O) groups is 1. The topological polar surface area (TPSA) is 55.8 Å². The third-order valence-electron chi connectivity index (χ3n) is 4.47. The van der Waals surface area contributed by atoms with Crippen molar-refractivity contribution in [3.8, 4) is 0 Å². The van der Waals surface area contributed by atoms with Gasteiger partial charge in [-0.15, -0.1) is 6.58 Å². The summed E-state index contributed by atoms with van der Waals surface area (Å²) in [5.41, 5.74) is 0. The maximum Gasteiger partial charge on any atom is 0.305 e. The molecule has 0 heterocycles. The van der Waals surface area contributed by atoms with Gasteiger partial charge in [-0.05, 0) is 6.42 Å². The highest BCUT2D eigenvalue weighted by molar-refractivity contribution is 5.69. The number of ether oxygens (including phenoxy) is 2. The Morgan fingerprint density at radius 1 is 0.885 bits per heavy atom. The Morgan fingerprint density at radius 3 is 1.88 bits per heavy atom. The molecule has 0 saturated heterocycles. The Morgan fingerprint density at radius 2 is 1.38 bits per heavy atom. The van der Waals surface area contributed by atoms with Gasteiger partial charge >= 0.3 is 5.97 Å². The number of rotatable bonds is 20. The van der Waals surface area contributed by atoms with E-state index in [0.717, 1.165) is 12.8 Å². The van der Waals surface area contributed by atoms with E-state index in [1.165, 1.54) is 70.6 Å². The van der Waals surface area contributed by atoms with Gasteiger partial charge in [-0.25, -0.2) is 0 Å². The molecule has 0 aromatic heterocycles. The minimum atomic E-state index is -0.759. The Kier molecular flexibility index (Phi) is 19.8. The van der Waals surface area contributed by atoms with Crippen LogP contribution in [-0.2, 0) is 14.3 Å². The van der Waals surface area contributed by atoms with Gasteiger partial charge in [-0.1, -0.05) is 90.0 Å². The summed E-state index contributed by atoms with van der Waals surface area (Å²) in [6, 6.07) is 0. The molecule has 0 radical (unpaired) electrons. The van der Waals surface area contributed by atoms with Crippen molar-refractivity contribution in [3.05, 3.63) is 12.7 Å². The van der Waals surface area contributed by atoms with Crippen LogP contribution in [0.4, 0.5) is 0 Å². The Bertz CT molecular complexity index is 317. The molecule has 4 nitrogen and oxygen atoms in total. The van der Waals surface area contributed by atoms with E-state index in [4.69, 9.17) is 9.47 Å². The van der Waals surface area contributed by atoms with Gasteiger partial charge in [-0.2, -0.15) is 0 Å². The predicted octanol–water partition coefficient (Wildman–Crippen LogP) is 5.57. The molecule has 0 fully saturated rings. The number of aliphatic hydroxyl groups excluding tert-OH is 1. The first-order chi connectivity index (χ1) is 12.7. The monoisotopic (exact) mass is 370 g/mol. The van der Waals surface area contributed by atoms with E-state index in [2.05, 4.69) is 13.5 Å². The number of carbonyl (C=O) groups excluding carboxylic acids is 1. The van der Waals surface area contributed by atoms with Crippen LogP contribution in [0.2, 0.25) is 0 Å². The average molecular weight is 371 g/mol. The molecule has 154 valence electrons. The van der Waals surface area contributed by atoms with Gasteiger partial charge in [0.05, 0.1) is 13.2 Å². The number of esters is 1. The number of unbranched alkanes of at least 4 members (excludes halogenated alkanes) is 12. The van der Waals surface area contributed by atoms with Gasteiger partial charge in [0.15, 0.2) is 0 Å². The highest BCUT2D eigenvalue weighted by atomic mass is 16.5. The second-order valence-corrected chi connectivity index (χ2v) is 7.16. The molecule has 0 rings (SSSR count). The van der Waals surface area contributed by atoms with Crippen LogP contribution in [0.25, 0.3) is 0 Å². The second-order valence-electron chi connectivity index (χ2n) is 7.16. The zero-order valence-corrected chi connectivity index (χ0v) is 17.1. The predicted molar refractivity (Wildman–Crippen MR) is 108 cm³/mol. The van der Waals surface area contributed by atoms with E-state index in [1.54, 1.807) is 6.08 Å². The Labute approximate surface area is 161 Å². The van der Waals surface area contributed by atoms with Crippen molar-refractivity contribution < 1.29 is 19.4 Å². The van der Waals surface area contributed by atoms with Gasteiger partial charge in [0.25, 0.3) is 0 Å². The lowest BCUT2D eigenvalue weighted by molar-refractivity contribution is -0.147. The smallest absolute Gasteiger partial charge is 0.305 e. The van der Waals surface area contributed by atoms with Gasteiger partial charge in [0.1, 0.15) is 12.7 Å². The molecular formula is C22H42O4. The molecule has 0 saturated carbocycles. The van der Waals surface area contributed by atoms with Gasteiger partial charge < -0.3 is 14.6 Å². The average Bonchev–Trinajstić information content (AvgIpc) is 2.64. The summed E-state index contributed by atoms with van der Waals surface area (Å²) >= 11 is 0. The van der Waals surface area contributed by atoms with Gasteiger partial charge in [0.2, 0.25) is 0 Å². The van der Waals surface area contributed by atoms with Gasteiger partial charge in [0, 0.05) is 6.42 Å². The summed E-state index contributed by atoms with van der Waals surface area (Å²) < 4.78 is 10.1. The first kappa shape index (κ1) is 25.1. The highest BCUT2D eigenvalue weighted by Crippen LogP contribution is 2.13. The third-order valence-corrected chi connectivity index (χ3v) is 4.47. The third kappa shape index (κ3) is 19.5. The van der Waals surface area contributed by atoms with Gasteiger partial charge in [-0.3, -0.25) is 4.79 Å². The number of hydrogen-bond donors (Lipinski definition) is 1. The largest absolute Gasteiger partial charge is 0.463 e. The lowest BCUT2D eigenvalue weighted by Gasteiger charge is -2.11. The first-order valence-corrected chi connectivity index (χ1v) is 10.7. The molecular weight excluding hydrogens is 328 g/mol. The molecule has 0 aliphatic rings. The van der Waals surface area contributed by atoms with E-state index in [9.17, 15) is 9.90 Å². The Balaban J connectivity index is 3.24. The molecule has 0 bridgehead atoms. The highest BCUT2D eigenvalue weighted by Gasteiger charge is 2.08. The van der Waals surface area contributed by atoms with Crippen LogP contribution in [0.3, 0.4) is 0 Å². The molecule has 0 aromatic carbocycles. The molecule has 1 unspecified atom stereocenters. The summed E-state index contributed by atoms with van der Waals surface area (Å²) in [6.45, 7) is 6.35. The second kappa shape index (κ2) is 20.4. The fraction of sp³-hybridized carbons (Fsp3) is 0.864. The van der Waals surface area contributed by atoms with Crippen LogP contribution in [-0.4, -0.2) is 37.0 Å². The molecule has 0 aliphatic carbocycles. The van der Waals surface area contributed by atoms with E-state index < -0.39 is 6.10 Å². The van der Waals surface area contributed by atoms with Crippen molar-refractivity contribution in [1.82, 2.24) is 0 Å². The number of hydrogen-bond acceptors (Lipinski definition) is 4. The summed E-state index contributed by atoms with van der Waals surface area (Å²) in [7, 11) is 0. The van der Waals surface area contributed by atoms with Crippen LogP contribution in [0.1, 0.15) is 96.8 Å². The van der Waals surface area contributed by atoms with Crippen molar-refractivity contribution >= 4 is 5.97 Å². The maximum atomic E-state index is 11.6. The standard InChI is InChI=1S/C22H42O4/c1-3-5-6-7-8-9-10-11-12-13-14-15-16-17-22(24)26-20-21(23)19-25-18-4-2/h4,21,23H,2-3,5-20H2,1H3. The van der Waals surface area contributed by atoms with E-state index in [-0.39, 0.29) is 19.2 Å². The van der Waals surface area contributed by atoms with Crippen LogP contribution < -0.4 is 0 Å². The summed E-state index contributed by atoms with van der Waals surface area (Å²) in [6.07, 6.45) is 18.1. The molecule has 1 atom stereocenters. The van der Waals surface area contributed by atoms with E-state index >= 15 is 0 Å². The first-order valence-electron chi connectivity index (χ1n) is 10.7. The minimum absolute atomic E-state index is 0.00835. The van der Waals surface area contributed by atoms with Crippen molar-refractivity contribution in [2.24, 2.45) is 0 Å². The molecule has 0 amide bonds. The molecule has 4 heteroatoms. The van der Waals surface area contributed by atoms with E-state index in [1.807, 2.05) is 0 Å². The van der Waals surface area contributed by atoms with Crippen LogP contribution in [0, 0.1) is 0 Å². The van der Waals surface area contributed by atoms with Crippen LogP contribution in [0.5, 0.6) is 0 Å². The van der Waals surface area contributed by atoms with Crippen molar-refractivity contribution in [1.29, 1.82) is 0 Å². The van der Waals surface area contributed by atoms with Crippen LogP contribution in [0.15, 0.2) is 12.7 Å². The molecule has 1 N–H and O–H groups in total. The van der Waals surface area contributed by atoms with Crippen molar-refractivity contribution in [2.45, 2.75) is 103 Å². The lowest BCUT2D eigenvalue weighted by atomic mass is 10.0. The fourth-order valence-corrected chi connectivity index (χ4v) is 2.88. The van der Waals surface area contributed by atoms with Crippen molar-refractivity contribution in [2.75, 3.05) is 19.8 Å². The quantitative estimate of drug-likeness (QED) is 0.173. The molecule has 26 heavy (non-hydrogen) atoms. The minimum Gasteiger partial charge on any atom is -0.463 e. The summed E-state index contributed by atoms with van der Waals surface area (Å²) in [5.74, 6) is -0.226. The van der Waals surface area contributed by atoms with Crippen LogP contribution >= 0.6 is 0 Å². The molecule has 0 aliphatic heterocycles. The normalized spacial score (nSPS) is 12.1. The van der Waals surface area contributed by atoms with Crippen molar-refractivity contribution in [3.63, 3.8) is 0 Å². The summed E-state index contributed by atoms with van der Waals surface area (Å²) in [4.78, 5) is 11.6. The summed E-state index contributed by atoms with van der Waals surface area (Å²) in [5, 5.41) is 9.57. The molecule has 0 aromatic rings. The zero-order chi connectivity index (χ0) is 19.3. The maximum absolute atomic E-state index is 11.6. The number of aliphatic hydroxyl groups is 1.